The molecule has 0 radical (unpaired) electrons. The van der Waals surface area contributed by atoms with Crippen LogP contribution in [0.2, 0.25) is 0 Å². The van der Waals surface area contributed by atoms with Crippen molar-refractivity contribution in [2.24, 2.45) is 0 Å². The molecule has 69 heavy (non-hydrogen) atoms. The Morgan fingerprint density at radius 1 is 0.478 bits per heavy atom. The Bertz CT molecular complexity index is 3430. The van der Waals surface area contributed by atoms with Crippen molar-refractivity contribution in [1.82, 2.24) is 0 Å². The van der Waals surface area contributed by atoms with Crippen molar-refractivity contribution in [2.45, 2.75) is 44.9 Å². The van der Waals surface area contributed by atoms with Gasteiger partial charge in [-0.1, -0.05) is 111 Å². The largest absolute Gasteiger partial charge is 0.457 e. The van der Waals surface area contributed by atoms with Gasteiger partial charge in [-0.25, -0.2) is 4.90 Å². The second kappa shape index (κ2) is 16.2. The van der Waals surface area contributed by atoms with E-state index in [4.69, 9.17) is 9.47 Å². The molecule has 0 unspecified atom stereocenters. The minimum Gasteiger partial charge on any atom is -0.457 e. The molecule has 1 aliphatic heterocycles. The molecule has 0 saturated carbocycles. The monoisotopic (exact) mass is 904 g/mol. The summed E-state index contributed by atoms with van der Waals surface area (Å²) in [6, 6.07) is 55.8. The number of rotatable bonds is 10. The first-order valence-corrected chi connectivity index (χ1v) is 23.1. The topological polar surface area (TPSA) is 93.2 Å². The molecule has 0 atom stereocenters. The highest BCUT2D eigenvalue weighted by molar-refractivity contribution is 6.34. The second-order valence-electron chi connectivity index (χ2n) is 19.0. The quantitative estimate of drug-likeness (QED) is 0.0996. The molecule has 0 bridgehead atoms. The molecule has 0 fully saturated rings. The average molecular weight is 905 g/mol. The maximum absolute atomic E-state index is 14.3. The molecule has 8 heteroatoms. The van der Waals surface area contributed by atoms with Crippen molar-refractivity contribution in [1.29, 1.82) is 0 Å². The van der Waals surface area contributed by atoms with Crippen LogP contribution in [-0.2, 0) is 10.8 Å². The van der Waals surface area contributed by atoms with Crippen LogP contribution >= 0.6 is 0 Å². The van der Waals surface area contributed by atoms with E-state index < -0.39 is 11.3 Å². The summed E-state index contributed by atoms with van der Waals surface area (Å²) in [6.07, 6.45) is -0.0919. The molecule has 0 spiro atoms. The summed E-state index contributed by atoms with van der Waals surface area (Å²) in [5.41, 5.74) is 13.2. The molecule has 0 N–H and O–H groups in total. The van der Waals surface area contributed by atoms with E-state index in [1.54, 1.807) is 36.4 Å². The Balaban J connectivity index is 0.832. The van der Waals surface area contributed by atoms with Gasteiger partial charge in [0.2, 0.25) is 0 Å². The Hall–Kier alpha value is -8.36. The molecule has 8 aromatic rings. The second-order valence-corrected chi connectivity index (χ2v) is 19.0. The van der Waals surface area contributed by atoms with Gasteiger partial charge in [0.15, 0.2) is 11.6 Å². The smallest absolute Gasteiger partial charge is 0.266 e. The number of benzene rings is 8. The van der Waals surface area contributed by atoms with Crippen LogP contribution in [0.25, 0.3) is 11.1 Å². The lowest BCUT2D eigenvalue weighted by Gasteiger charge is -2.35. The zero-order chi connectivity index (χ0) is 47.9. The van der Waals surface area contributed by atoms with Crippen LogP contribution in [0.3, 0.4) is 0 Å². The summed E-state index contributed by atoms with van der Waals surface area (Å²) in [6.45, 7) is 8.40. The number of ether oxygens (including phenoxy) is 2. The predicted octanol–water partition coefficient (Wildman–Crippen LogP) is 13.2. The first-order valence-electron chi connectivity index (χ1n) is 23.1. The zero-order valence-corrected chi connectivity index (χ0v) is 39.2. The minimum absolute atomic E-state index is 0.0919. The maximum atomic E-state index is 14.3. The highest BCUT2D eigenvalue weighted by atomic mass is 16.5. The summed E-state index contributed by atoms with van der Waals surface area (Å²) < 4.78 is 12.4. The Labute approximate surface area is 401 Å². The number of fused-ring (bicyclic) bond motifs is 5. The normalized spacial score (nSPS) is 14.4. The van der Waals surface area contributed by atoms with Crippen molar-refractivity contribution >= 4 is 34.8 Å². The van der Waals surface area contributed by atoms with E-state index in [0.717, 1.165) is 33.5 Å². The van der Waals surface area contributed by atoms with Gasteiger partial charge in [0.05, 0.1) is 28.7 Å². The Kier molecular flexibility index (Phi) is 10.1. The van der Waals surface area contributed by atoms with Gasteiger partial charge in [0.25, 0.3) is 11.8 Å². The van der Waals surface area contributed by atoms with Crippen molar-refractivity contribution in [3.05, 3.63) is 237 Å². The fourth-order valence-corrected chi connectivity index (χ4v) is 10.8. The number of carbonyl (C=O) groups excluding carboxylic acids is 4. The van der Waals surface area contributed by atoms with Crippen LogP contribution in [0.4, 0.5) is 11.4 Å². The van der Waals surface area contributed by atoms with Gasteiger partial charge in [-0.3, -0.25) is 19.2 Å². The zero-order valence-electron chi connectivity index (χ0n) is 39.2. The van der Waals surface area contributed by atoms with Crippen LogP contribution < -0.4 is 19.3 Å². The molecule has 8 nitrogen and oxygen atoms in total. The number of amides is 2. The van der Waals surface area contributed by atoms with Gasteiger partial charge in [-0.2, -0.15) is 0 Å². The van der Waals surface area contributed by atoms with Gasteiger partial charge in [0.1, 0.15) is 23.0 Å². The summed E-state index contributed by atoms with van der Waals surface area (Å²) >= 11 is 0. The van der Waals surface area contributed by atoms with E-state index >= 15 is 0 Å². The number of aryl methyl sites for hydroxylation is 2. The number of carbonyl (C=O) groups is 4. The third-order valence-corrected chi connectivity index (χ3v) is 14.3. The van der Waals surface area contributed by atoms with Crippen molar-refractivity contribution < 1.29 is 28.7 Å². The fourth-order valence-electron chi connectivity index (χ4n) is 10.8. The summed E-state index contributed by atoms with van der Waals surface area (Å²) in [4.78, 5) is 56.2. The molecular formula is C61H48N2O6. The summed E-state index contributed by atoms with van der Waals surface area (Å²) in [5, 5.41) is 0. The van der Waals surface area contributed by atoms with E-state index in [1.807, 2.05) is 61.5 Å². The fraction of sp³-hybridized carbons (Fsp3) is 0.148. The first-order chi connectivity index (χ1) is 33.2. The van der Waals surface area contributed by atoms with Gasteiger partial charge < -0.3 is 14.4 Å². The van der Waals surface area contributed by atoms with E-state index in [2.05, 4.69) is 119 Å². The molecule has 338 valence electrons. The number of hydrogen-bond donors (Lipinski definition) is 0. The van der Waals surface area contributed by atoms with Crippen LogP contribution in [0.1, 0.15) is 106 Å². The third kappa shape index (κ3) is 6.89. The van der Waals surface area contributed by atoms with E-state index in [1.165, 1.54) is 32.7 Å². The molecule has 8 aromatic carbocycles. The summed E-state index contributed by atoms with van der Waals surface area (Å²) in [7, 11) is 4.12. The van der Waals surface area contributed by atoms with Crippen molar-refractivity contribution in [2.75, 3.05) is 23.9 Å². The van der Waals surface area contributed by atoms with Gasteiger partial charge >= 0.3 is 0 Å². The molecule has 0 saturated heterocycles. The lowest BCUT2D eigenvalue weighted by molar-refractivity contribution is 0.0908. The summed E-state index contributed by atoms with van der Waals surface area (Å²) in [5.74, 6) is 1.04. The molecule has 0 aromatic heterocycles. The lowest BCUT2D eigenvalue weighted by Crippen LogP contribution is -2.31. The Morgan fingerprint density at radius 2 is 0.957 bits per heavy atom. The van der Waals surface area contributed by atoms with Gasteiger partial charge in [0, 0.05) is 36.3 Å². The van der Waals surface area contributed by atoms with Crippen LogP contribution in [0, 0.1) is 13.8 Å². The minimum atomic E-state index is -0.644. The van der Waals surface area contributed by atoms with Gasteiger partial charge in [-0.15, -0.1) is 0 Å². The number of anilines is 2. The predicted molar refractivity (Wildman–Crippen MR) is 270 cm³/mol. The molecule has 2 amide bonds. The van der Waals surface area contributed by atoms with Crippen LogP contribution in [0.5, 0.6) is 23.0 Å². The highest BCUT2D eigenvalue weighted by Gasteiger charge is 2.47. The van der Waals surface area contributed by atoms with Gasteiger partial charge in [-0.05, 0) is 142 Å². The lowest BCUT2D eigenvalue weighted by atomic mass is 9.67. The SMILES string of the molecule is Cc1cc(C2(c3ccc(N4C(=O)c5ccc(Oc6ccc(C(C)(C)c7ccc(Oc8ccc9c(c8)C(=O)CC9=O)cc7)cc6)cc5C4=O)c(C)c3)c3ccccc3-c3ccccc32)ccc1N(C)C. The van der Waals surface area contributed by atoms with E-state index in [-0.39, 0.29) is 34.9 Å². The van der Waals surface area contributed by atoms with Crippen molar-refractivity contribution in [3.63, 3.8) is 0 Å². The number of hydrogen-bond acceptors (Lipinski definition) is 7. The van der Waals surface area contributed by atoms with E-state index in [9.17, 15) is 19.2 Å². The number of Topliss-reactive ketones (excluding diaryl/α,β-unsaturated/α-hetero) is 2. The molecule has 3 aliphatic rings. The number of imide groups is 1. The molecular weight excluding hydrogens is 857 g/mol. The Morgan fingerprint density at radius 3 is 1.51 bits per heavy atom. The van der Waals surface area contributed by atoms with Crippen molar-refractivity contribution in [3.8, 4) is 34.1 Å². The molecule has 2 aliphatic carbocycles. The molecule has 11 rings (SSSR count). The number of ketones is 2. The van der Waals surface area contributed by atoms with Crippen LogP contribution in [0.15, 0.2) is 170 Å². The average Bonchev–Trinajstić information content (AvgIpc) is 3.91. The van der Waals surface area contributed by atoms with E-state index in [0.29, 0.717) is 45.4 Å². The first kappa shape index (κ1) is 43.2. The standard InChI is InChI=1S/C61H48N2O6/c1-36-31-40(19-29-54(36)62(5)6)61(52-13-9-7-11-46(52)47-12-8-10-14-53(47)61)41-20-30-55(37(2)32-41)63-58(66)49-28-26-45(34-51(49)59(63)67)69-43-23-17-39(18-24-43)60(3,4)38-15-21-42(22-16-38)68-44-25-27-48-50(33-44)57(65)35-56(48)64/h7-34H,35H2,1-6H3. The molecule has 1 heterocycles. The highest BCUT2D eigenvalue weighted by Crippen LogP contribution is 2.57. The maximum Gasteiger partial charge on any atom is 0.266 e. The third-order valence-electron chi connectivity index (χ3n) is 14.3. The number of nitrogens with zero attached hydrogens (tertiary/aromatic N) is 2. The van der Waals surface area contributed by atoms with Crippen LogP contribution in [-0.4, -0.2) is 37.5 Å².